The summed E-state index contributed by atoms with van der Waals surface area (Å²) in [6, 6.07) is 20.4. The Morgan fingerprint density at radius 3 is 2.10 bits per heavy atom. The molecule has 0 radical (unpaired) electrons. The van der Waals surface area contributed by atoms with Crippen molar-refractivity contribution in [3.8, 4) is 16.9 Å². The lowest BCUT2D eigenvalue weighted by Gasteiger charge is -2.27. The smallest absolute Gasteiger partial charge is 0.201 e. The molecule has 3 heteroatoms. The van der Waals surface area contributed by atoms with Crippen molar-refractivity contribution in [2.45, 2.75) is 90.4 Å². The van der Waals surface area contributed by atoms with Gasteiger partial charge in [0.15, 0.2) is 11.6 Å². The molecule has 0 aliphatic heterocycles. The van der Waals surface area contributed by atoms with Crippen LogP contribution in [-0.2, 0) is 12.8 Å². The summed E-state index contributed by atoms with van der Waals surface area (Å²) in [5, 5.41) is 0. The minimum absolute atomic E-state index is 0.0210. The number of ether oxygens (including phenoxy) is 1. The first-order chi connectivity index (χ1) is 19.1. The Hall–Kier alpha value is -2.94. The average Bonchev–Trinajstić information content (AvgIpc) is 2.97. The molecule has 3 aromatic carbocycles. The fraction of sp³-hybridized carbons (Fsp3) is 0.444. The summed E-state index contributed by atoms with van der Waals surface area (Å²) in [5.41, 5.74) is 5.15. The van der Waals surface area contributed by atoms with Gasteiger partial charge in [-0.2, -0.15) is 4.39 Å². The molecular weight excluding hydrogens is 486 g/mol. The average molecular weight is 531 g/mol. The number of allylic oxidation sites excluding steroid dienone is 2. The van der Waals surface area contributed by atoms with Crippen molar-refractivity contribution in [1.29, 1.82) is 0 Å². The number of halogens is 2. The van der Waals surface area contributed by atoms with Gasteiger partial charge in [0, 0.05) is 5.56 Å². The molecule has 1 aliphatic rings. The summed E-state index contributed by atoms with van der Waals surface area (Å²) in [6.45, 7) is 4.56. The van der Waals surface area contributed by atoms with Gasteiger partial charge in [-0.1, -0.05) is 87.4 Å². The van der Waals surface area contributed by atoms with Gasteiger partial charge in [-0.25, -0.2) is 4.39 Å². The van der Waals surface area contributed by atoms with E-state index in [2.05, 4.69) is 55.5 Å². The topological polar surface area (TPSA) is 9.23 Å². The number of hydrogen-bond donors (Lipinski definition) is 0. The lowest BCUT2D eigenvalue weighted by molar-refractivity contribution is 0.295. The van der Waals surface area contributed by atoms with Crippen molar-refractivity contribution in [2.24, 2.45) is 5.92 Å². The van der Waals surface area contributed by atoms with Gasteiger partial charge in [-0.05, 0) is 104 Å². The van der Waals surface area contributed by atoms with E-state index >= 15 is 0 Å². The molecule has 0 heterocycles. The maximum Gasteiger partial charge on any atom is 0.201 e. The van der Waals surface area contributed by atoms with Crippen molar-refractivity contribution in [3.05, 3.63) is 101 Å². The molecule has 1 nitrogen and oxygen atoms in total. The van der Waals surface area contributed by atoms with Crippen molar-refractivity contribution < 1.29 is 13.5 Å². The van der Waals surface area contributed by atoms with Crippen LogP contribution in [0.5, 0.6) is 5.75 Å². The van der Waals surface area contributed by atoms with Crippen LogP contribution in [0, 0.1) is 17.6 Å². The summed E-state index contributed by atoms with van der Waals surface area (Å²) in [7, 11) is 0. The normalized spacial score (nSPS) is 17.5. The molecule has 1 saturated carbocycles. The third-order valence-corrected chi connectivity index (χ3v) is 8.07. The van der Waals surface area contributed by atoms with Crippen molar-refractivity contribution in [2.75, 3.05) is 6.61 Å². The van der Waals surface area contributed by atoms with E-state index in [0.717, 1.165) is 19.3 Å². The number of hydrogen-bond acceptors (Lipinski definition) is 1. The zero-order valence-corrected chi connectivity index (χ0v) is 23.7. The predicted molar refractivity (Wildman–Crippen MR) is 159 cm³/mol. The predicted octanol–water partition coefficient (Wildman–Crippen LogP) is 10.6. The van der Waals surface area contributed by atoms with Crippen LogP contribution >= 0.6 is 0 Å². The van der Waals surface area contributed by atoms with Gasteiger partial charge in [0.1, 0.15) is 0 Å². The van der Waals surface area contributed by atoms with Gasteiger partial charge < -0.3 is 4.74 Å². The SMILES string of the molecule is CCCCCc1ccc(CCC=CC2CCC(c3ccc(-c4ccc(OCCC)c(F)c4F)cc3)CC2)cc1. The Labute approximate surface area is 234 Å². The second-order valence-electron chi connectivity index (χ2n) is 11.1. The van der Waals surface area contributed by atoms with Crippen LogP contribution in [0.3, 0.4) is 0 Å². The summed E-state index contributed by atoms with van der Waals surface area (Å²) in [5.74, 6) is -0.583. The van der Waals surface area contributed by atoms with Crippen LogP contribution in [0.2, 0.25) is 0 Å². The molecule has 0 unspecified atom stereocenters. The van der Waals surface area contributed by atoms with Gasteiger partial charge in [-0.3, -0.25) is 0 Å². The molecule has 1 aliphatic carbocycles. The summed E-state index contributed by atoms with van der Waals surface area (Å²) in [6.07, 6.45) is 17.6. The number of aryl methyl sites for hydroxylation is 2. The maximum atomic E-state index is 14.7. The fourth-order valence-electron chi connectivity index (χ4n) is 5.65. The zero-order chi connectivity index (χ0) is 27.5. The lowest BCUT2D eigenvalue weighted by Crippen LogP contribution is -2.11. The van der Waals surface area contributed by atoms with E-state index in [-0.39, 0.29) is 11.3 Å². The quantitative estimate of drug-likeness (QED) is 0.158. The van der Waals surface area contributed by atoms with Crippen molar-refractivity contribution in [1.82, 2.24) is 0 Å². The third kappa shape index (κ3) is 8.27. The summed E-state index contributed by atoms with van der Waals surface area (Å²) >= 11 is 0. The summed E-state index contributed by atoms with van der Waals surface area (Å²) < 4.78 is 34.4. The van der Waals surface area contributed by atoms with E-state index in [4.69, 9.17) is 4.74 Å². The van der Waals surface area contributed by atoms with Crippen LogP contribution in [0.15, 0.2) is 72.8 Å². The zero-order valence-electron chi connectivity index (χ0n) is 23.7. The Morgan fingerprint density at radius 1 is 0.744 bits per heavy atom. The summed E-state index contributed by atoms with van der Waals surface area (Å²) in [4.78, 5) is 0. The number of benzene rings is 3. The van der Waals surface area contributed by atoms with Gasteiger partial charge >= 0.3 is 0 Å². The van der Waals surface area contributed by atoms with Crippen LogP contribution in [0.4, 0.5) is 8.78 Å². The Bertz CT molecular complexity index is 1170. The molecule has 0 spiro atoms. The molecule has 0 N–H and O–H groups in total. The first-order valence-electron chi connectivity index (χ1n) is 15.0. The molecule has 0 aromatic heterocycles. The van der Waals surface area contributed by atoms with Gasteiger partial charge in [0.25, 0.3) is 0 Å². The van der Waals surface area contributed by atoms with E-state index in [0.29, 0.717) is 24.0 Å². The number of unbranched alkanes of at least 4 members (excludes halogenated alkanes) is 2. The van der Waals surface area contributed by atoms with E-state index in [1.165, 1.54) is 74.1 Å². The highest BCUT2D eigenvalue weighted by atomic mass is 19.2. The molecular formula is C36H44F2O. The van der Waals surface area contributed by atoms with E-state index < -0.39 is 11.6 Å². The fourth-order valence-corrected chi connectivity index (χ4v) is 5.65. The van der Waals surface area contributed by atoms with Gasteiger partial charge in [0.05, 0.1) is 6.61 Å². The molecule has 4 rings (SSSR count). The van der Waals surface area contributed by atoms with Crippen molar-refractivity contribution in [3.63, 3.8) is 0 Å². The monoisotopic (exact) mass is 530 g/mol. The Morgan fingerprint density at radius 2 is 1.44 bits per heavy atom. The maximum absolute atomic E-state index is 14.7. The second-order valence-corrected chi connectivity index (χ2v) is 11.1. The van der Waals surface area contributed by atoms with E-state index in [1.54, 1.807) is 6.07 Å². The minimum Gasteiger partial charge on any atom is -0.490 e. The van der Waals surface area contributed by atoms with Gasteiger partial charge in [-0.15, -0.1) is 0 Å². The molecule has 0 amide bonds. The number of rotatable bonds is 13. The van der Waals surface area contributed by atoms with Crippen LogP contribution in [0.25, 0.3) is 11.1 Å². The molecule has 3 aromatic rings. The van der Waals surface area contributed by atoms with Crippen LogP contribution in [0.1, 0.15) is 94.2 Å². The van der Waals surface area contributed by atoms with Gasteiger partial charge in [0.2, 0.25) is 5.82 Å². The van der Waals surface area contributed by atoms with Crippen molar-refractivity contribution >= 4 is 0 Å². The highest BCUT2D eigenvalue weighted by Crippen LogP contribution is 2.37. The molecule has 1 fully saturated rings. The van der Waals surface area contributed by atoms with Crippen LogP contribution < -0.4 is 4.74 Å². The Balaban J connectivity index is 1.23. The highest BCUT2D eigenvalue weighted by Gasteiger charge is 2.21. The molecule has 208 valence electrons. The van der Waals surface area contributed by atoms with E-state index in [1.807, 2.05) is 19.1 Å². The highest BCUT2D eigenvalue weighted by molar-refractivity contribution is 5.65. The first-order valence-corrected chi connectivity index (χ1v) is 15.0. The standard InChI is InChI=1S/C36H44F2O/c1-3-5-6-9-27-12-14-28(15-13-27)10-7-8-11-29-16-18-30(19-17-29)31-20-22-32(23-21-31)33-24-25-34(39-26-4-2)36(38)35(33)37/h8,11-15,20-25,29-30H,3-7,9-10,16-19,26H2,1-2H3. The minimum atomic E-state index is -0.910. The lowest BCUT2D eigenvalue weighted by atomic mass is 9.78. The van der Waals surface area contributed by atoms with Crippen LogP contribution in [-0.4, -0.2) is 6.61 Å². The Kier molecular flexibility index (Phi) is 11.2. The molecule has 0 saturated heterocycles. The second kappa shape index (κ2) is 15.0. The van der Waals surface area contributed by atoms with E-state index in [9.17, 15) is 8.78 Å². The molecule has 39 heavy (non-hydrogen) atoms. The first kappa shape index (κ1) is 29.1. The molecule has 0 bridgehead atoms. The third-order valence-electron chi connectivity index (χ3n) is 8.07. The largest absolute Gasteiger partial charge is 0.490 e. The molecule has 0 atom stereocenters.